The van der Waals surface area contributed by atoms with Crippen LogP contribution in [0.1, 0.15) is 22.2 Å². The fourth-order valence-corrected chi connectivity index (χ4v) is 6.78. The summed E-state index contributed by atoms with van der Waals surface area (Å²) in [6.07, 6.45) is 1.24. The molecule has 3 atom stereocenters. The van der Waals surface area contributed by atoms with Crippen LogP contribution in [-0.2, 0) is 25.7 Å². The normalized spacial score (nSPS) is 17.2. The van der Waals surface area contributed by atoms with Crippen LogP contribution in [0.2, 0.25) is 0 Å². The summed E-state index contributed by atoms with van der Waals surface area (Å²) in [6.45, 7) is -0.495. The third-order valence-corrected chi connectivity index (χ3v) is 8.83. The average molecular weight is 707 g/mol. The molecule has 0 spiro atoms. The molecule has 0 saturated carbocycles. The minimum absolute atomic E-state index is 0. The molecule has 1 aromatic carbocycles. The van der Waals surface area contributed by atoms with Gasteiger partial charge in [-0.25, -0.2) is 14.3 Å². The van der Waals surface area contributed by atoms with E-state index in [1.54, 1.807) is 0 Å². The van der Waals surface area contributed by atoms with Crippen LogP contribution < -0.4 is 16.0 Å². The SMILES string of the molecule is O=C(O)Cn1nnnc1SCC1=C(C(=O)O)N2C(=O)C(NC(=O)C(NC(=O)NC(=O)c3ccco3)c3ccc(O)cc3)[C@H]2SC1.[NaH].[NaH]. The first-order chi connectivity index (χ1) is 21.5. The molecule has 1 fully saturated rings. The van der Waals surface area contributed by atoms with Crippen molar-refractivity contribution in [3.63, 3.8) is 0 Å². The minimum atomic E-state index is -1.43. The zero-order chi connectivity index (χ0) is 32.2. The molecular formula is C25H24N8Na2O10S2. The van der Waals surface area contributed by atoms with Crippen LogP contribution in [0.4, 0.5) is 4.79 Å². The maximum atomic E-state index is 13.4. The first-order valence-electron chi connectivity index (χ1n) is 12.8. The number of β-lactam (4-membered cyclic amide) rings is 1. The van der Waals surface area contributed by atoms with Crippen molar-refractivity contribution in [2.75, 3.05) is 11.5 Å². The maximum absolute atomic E-state index is 13.4. The molecule has 238 valence electrons. The van der Waals surface area contributed by atoms with Gasteiger partial charge >= 0.3 is 77.1 Å². The number of rotatable bonds is 11. The summed E-state index contributed by atoms with van der Waals surface area (Å²) in [7, 11) is 0. The first kappa shape index (κ1) is 38.1. The van der Waals surface area contributed by atoms with Crippen molar-refractivity contribution in [3.05, 3.63) is 65.3 Å². The van der Waals surface area contributed by atoms with Gasteiger partial charge in [-0.3, -0.25) is 29.4 Å². The number of hydrogen-bond acceptors (Lipinski definition) is 13. The number of thioether (sulfide) groups is 2. The number of furan rings is 1. The van der Waals surface area contributed by atoms with Crippen molar-refractivity contribution in [2.24, 2.45) is 0 Å². The van der Waals surface area contributed by atoms with Crippen molar-refractivity contribution >= 4 is 118 Å². The zero-order valence-corrected chi connectivity index (χ0v) is 24.3. The Kier molecular flexibility index (Phi) is 13.5. The number of carbonyl (C=O) groups excluding carboxylic acids is 4. The Morgan fingerprint density at radius 3 is 2.47 bits per heavy atom. The van der Waals surface area contributed by atoms with E-state index in [0.29, 0.717) is 5.57 Å². The van der Waals surface area contributed by atoms with Gasteiger partial charge in [-0.2, -0.15) is 0 Å². The number of imide groups is 1. The monoisotopic (exact) mass is 706 g/mol. The number of aromatic hydroxyl groups is 1. The van der Waals surface area contributed by atoms with Crippen LogP contribution >= 0.6 is 23.5 Å². The molecule has 0 aliphatic carbocycles. The first-order valence-corrected chi connectivity index (χ1v) is 14.8. The molecule has 0 bridgehead atoms. The van der Waals surface area contributed by atoms with Crippen molar-refractivity contribution in [1.82, 2.24) is 41.1 Å². The molecule has 5 amide bonds. The van der Waals surface area contributed by atoms with E-state index in [0.717, 1.165) is 21.3 Å². The second-order valence-corrected chi connectivity index (χ2v) is 11.4. The number of phenolic OH excluding ortho intramolecular Hbond substituents is 1. The number of aliphatic carboxylic acids is 2. The summed E-state index contributed by atoms with van der Waals surface area (Å²) >= 11 is 2.20. The summed E-state index contributed by atoms with van der Waals surface area (Å²) in [5.74, 6) is -5.02. The number of nitrogens with zero attached hydrogens (tertiary/aromatic N) is 5. The van der Waals surface area contributed by atoms with Gasteiger partial charge < -0.3 is 30.4 Å². The Morgan fingerprint density at radius 1 is 1.11 bits per heavy atom. The van der Waals surface area contributed by atoms with Gasteiger partial charge in [0, 0.05) is 11.5 Å². The molecule has 47 heavy (non-hydrogen) atoms. The van der Waals surface area contributed by atoms with Gasteiger partial charge in [0.15, 0.2) is 5.76 Å². The fourth-order valence-electron chi connectivity index (χ4n) is 4.42. The van der Waals surface area contributed by atoms with Crippen molar-refractivity contribution in [3.8, 4) is 5.75 Å². The molecule has 1 saturated heterocycles. The zero-order valence-electron chi connectivity index (χ0n) is 22.6. The van der Waals surface area contributed by atoms with Crippen LogP contribution in [0.15, 0.2) is 63.5 Å². The predicted octanol–water partition coefficient (Wildman–Crippen LogP) is -1.53. The van der Waals surface area contributed by atoms with Crippen LogP contribution in [-0.4, -0.2) is 158 Å². The second kappa shape index (κ2) is 16.6. The van der Waals surface area contributed by atoms with E-state index in [2.05, 4.69) is 26.2 Å². The van der Waals surface area contributed by atoms with Gasteiger partial charge in [-0.1, -0.05) is 23.9 Å². The predicted molar refractivity (Wildman–Crippen MR) is 166 cm³/mol. The number of urea groups is 1. The third kappa shape index (κ3) is 8.76. The van der Waals surface area contributed by atoms with Crippen molar-refractivity contribution in [1.29, 1.82) is 0 Å². The van der Waals surface area contributed by atoms with Crippen LogP contribution in [0, 0.1) is 0 Å². The molecule has 18 nitrogen and oxygen atoms in total. The molecule has 22 heteroatoms. The molecule has 4 heterocycles. The van der Waals surface area contributed by atoms with Gasteiger partial charge in [0.2, 0.25) is 11.1 Å². The Balaban J connectivity index is 0.00000300. The van der Waals surface area contributed by atoms with E-state index in [4.69, 9.17) is 9.52 Å². The average Bonchev–Trinajstić information content (AvgIpc) is 3.70. The summed E-state index contributed by atoms with van der Waals surface area (Å²) in [5.41, 5.74) is 0.294. The molecule has 2 aliphatic heterocycles. The molecule has 0 radical (unpaired) electrons. The van der Waals surface area contributed by atoms with Crippen molar-refractivity contribution in [2.45, 2.75) is 29.2 Å². The van der Waals surface area contributed by atoms with E-state index < -0.39 is 59.7 Å². The van der Waals surface area contributed by atoms with E-state index in [1.807, 2.05) is 5.32 Å². The van der Waals surface area contributed by atoms with E-state index >= 15 is 0 Å². The topological polar surface area (TPSA) is 259 Å². The number of fused-ring (bicyclic) bond motifs is 1. The Morgan fingerprint density at radius 2 is 1.83 bits per heavy atom. The van der Waals surface area contributed by atoms with Gasteiger partial charge in [0.1, 0.15) is 35.4 Å². The Bertz CT molecular complexity index is 1700. The quantitative estimate of drug-likeness (QED) is 0.0751. The number of benzene rings is 1. The molecule has 2 unspecified atom stereocenters. The van der Waals surface area contributed by atoms with Gasteiger partial charge in [0.25, 0.3) is 11.8 Å². The number of carboxylic acids is 2. The molecule has 3 aromatic rings. The van der Waals surface area contributed by atoms with Crippen LogP contribution in [0.25, 0.3) is 0 Å². The molecule has 5 rings (SSSR count). The van der Waals surface area contributed by atoms with Gasteiger partial charge in [0.05, 0.1) is 6.26 Å². The van der Waals surface area contributed by atoms with Crippen LogP contribution in [0.3, 0.4) is 0 Å². The van der Waals surface area contributed by atoms with E-state index in [-0.39, 0.29) is 98.5 Å². The third-order valence-electron chi connectivity index (χ3n) is 6.44. The summed E-state index contributed by atoms with van der Waals surface area (Å²) in [4.78, 5) is 75.8. The standard InChI is InChI=1S/C25H22N8O10S2.2Na.2H/c34-13-5-3-11(4-6-13)16(27-24(42)28-19(37)14-2-1-7-43-14)20(38)26-17-21(39)33-18(23(40)41)12(9-44-22(17)33)10-45-25-29-30-31-32(25)8-15(35)36;;;;/h1-7,16-17,22,34H,8-10H2,(H,26,38)(H,35,36)(H,40,41)(H2,27,28,37,42);;;;/t16?,17?,22-;;;;/m1..../s1. The molecule has 6 N–H and O–H groups in total. The number of tetrazole rings is 1. The number of amides is 5. The van der Waals surface area contributed by atoms with Gasteiger partial charge in [-0.05, 0) is 45.8 Å². The molecule has 2 aliphatic rings. The number of nitrogens with one attached hydrogen (secondary N) is 3. The second-order valence-electron chi connectivity index (χ2n) is 9.38. The molecular weight excluding hydrogens is 682 g/mol. The van der Waals surface area contributed by atoms with Gasteiger partial charge in [-0.15, -0.1) is 16.9 Å². The fraction of sp³-hybridized carbons (Fsp3) is 0.240. The summed E-state index contributed by atoms with van der Waals surface area (Å²) in [5, 5.41) is 45.7. The summed E-state index contributed by atoms with van der Waals surface area (Å²) in [6, 6.07) is 4.43. The van der Waals surface area contributed by atoms with E-state index in [1.165, 1.54) is 54.4 Å². The Hall–Kier alpha value is -3.37. The number of carbonyl (C=O) groups is 6. The van der Waals surface area contributed by atoms with Crippen molar-refractivity contribution < 1.29 is 48.5 Å². The number of carboxylic acid groups (broad SMARTS) is 2. The number of aromatic nitrogens is 4. The molecule has 2 aromatic heterocycles. The summed E-state index contributed by atoms with van der Waals surface area (Å²) < 4.78 is 5.99. The number of phenols is 1. The van der Waals surface area contributed by atoms with E-state index in [9.17, 15) is 39.0 Å². The van der Waals surface area contributed by atoms with Crippen LogP contribution in [0.5, 0.6) is 5.75 Å². The Labute approximate surface area is 317 Å². The number of hydrogen-bond donors (Lipinski definition) is 6.